The van der Waals surface area contributed by atoms with E-state index in [-0.39, 0.29) is 6.29 Å². The summed E-state index contributed by atoms with van der Waals surface area (Å²) in [5.74, 6) is 0.530. The maximum Gasteiger partial charge on any atom is 0.185 e. The molecule has 2 aromatic rings. The third-order valence-corrected chi connectivity index (χ3v) is 8.06. The first kappa shape index (κ1) is 30.8. The number of aromatic nitrogens is 1. The lowest BCUT2D eigenvalue weighted by Crippen LogP contribution is -2.27. The molecule has 2 heterocycles. The van der Waals surface area contributed by atoms with E-state index in [0.29, 0.717) is 5.92 Å². The number of rotatable bonds is 20. The first-order valence-electron chi connectivity index (χ1n) is 16.1. The predicted octanol–water partition coefficient (Wildman–Crippen LogP) is 10.6. The third-order valence-electron chi connectivity index (χ3n) is 8.06. The van der Waals surface area contributed by atoms with Crippen LogP contribution in [-0.4, -0.2) is 18.2 Å². The molecule has 1 fully saturated rings. The van der Waals surface area contributed by atoms with Gasteiger partial charge in [-0.1, -0.05) is 140 Å². The van der Waals surface area contributed by atoms with Crippen molar-refractivity contribution < 1.29 is 9.47 Å². The summed E-state index contributed by atoms with van der Waals surface area (Å²) < 4.78 is 12.2. The van der Waals surface area contributed by atoms with E-state index in [0.717, 1.165) is 24.5 Å². The van der Waals surface area contributed by atoms with E-state index >= 15 is 0 Å². The zero-order valence-corrected chi connectivity index (χ0v) is 24.6. The van der Waals surface area contributed by atoms with Gasteiger partial charge in [0.1, 0.15) is 0 Å². The van der Waals surface area contributed by atoms with E-state index in [1.807, 2.05) is 6.20 Å². The van der Waals surface area contributed by atoms with E-state index in [9.17, 15) is 0 Å². The van der Waals surface area contributed by atoms with Crippen LogP contribution in [0.5, 0.6) is 0 Å². The summed E-state index contributed by atoms with van der Waals surface area (Å²) in [4.78, 5) is 4.72. The Morgan fingerprint density at radius 1 is 0.632 bits per heavy atom. The molecule has 0 radical (unpaired) electrons. The van der Waals surface area contributed by atoms with Crippen LogP contribution >= 0.6 is 0 Å². The third kappa shape index (κ3) is 12.0. The summed E-state index contributed by atoms with van der Waals surface area (Å²) in [5.41, 5.74) is 4.63. The molecule has 0 aliphatic carbocycles. The van der Waals surface area contributed by atoms with Gasteiger partial charge >= 0.3 is 0 Å². The van der Waals surface area contributed by atoms with Crippen LogP contribution in [0.2, 0.25) is 0 Å². The number of pyridine rings is 1. The number of ether oxygens (including phenoxy) is 2. The molecule has 1 aromatic carbocycles. The van der Waals surface area contributed by atoms with Gasteiger partial charge in [-0.3, -0.25) is 4.98 Å². The van der Waals surface area contributed by atoms with E-state index in [2.05, 4.69) is 50.2 Å². The average molecular weight is 522 g/mol. The molecular formula is C35H55NO2. The first-order valence-corrected chi connectivity index (χ1v) is 16.1. The van der Waals surface area contributed by atoms with Crippen LogP contribution < -0.4 is 0 Å². The summed E-state index contributed by atoms with van der Waals surface area (Å²) in [6, 6.07) is 13.2. The second kappa shape index (κ2) is 19.4. The van der Waals surface area contributed by atoms with Crippen molar-refractivity contribution in [1.82, 2.24) is 4.98 Å². The molecule has 3 heteroatoms. The molecule has 0 atom stereocenters. The van der Waals surface area contributed by atoms with E-state index in [1.54, 1.807) is 0 Å². The molecule has 212 valence electrons. The van der Waals surface area contributed by atoms with Gasteiger partial charge in [0, 0.05) is 23.2 Å². The Morgan fingerprint density at radius 2 is 1.18 bits per heavy atom. The highest BCUT2D eigenvalue weighted by molar-refractivity contribution is 5.59. The van der Waals surface area contributed by atoms with Crippen molar-refractivity contribution in [3.63, 3.8) is 0 Å². The molecule has 0 spiro atoms. The standard InChI is InChI=1S/C35H55NO2/c1-3-5-7-9-11-12-13-14-16-18-20-31-28-37-35(38-29-31)33-25-26-34(36-27-33)32-23-21-30(22-24-32)19-17-15-10-8-6-4-2/h21-27,31,35H,3-20,28-29H2,1-2H3/t31-,35-. The average Bonchev–Trinajstić information content (AvgIpc) is 2.97. The van der Waals surface area contributed by atoms with Crippen molar-refractivity contribution >= 4 is 0 Å². The number of nitrogens with zero attached hydrogens (tertiary/aromatic N) is 1. The van der Waals surface area contributed by atoms with Gasteiger partial charge in [-0.2, -0.15) is 0 Å². The monoisotopic (exact) mass is 521 g/mol. The highest BCUT2D eigenvalue weighted by Crippen LogP contribution is 2.28. The van der Waals surface area contributed by atoms with Crippen molar-refractivity contribution in [3.05, 3.63) is 53.7 Å². The van der Waals surface area contributed by atoms with Gasteiger partial charge in [0.2, 0.25) is 0 Å². The molecule has 3 nitrogen and oxygen atoms in total. The second-order valence-electron chi connectivity index (χ2n) is 11.5. The Balaban J connectivity index is 1.28. The van der Waals surface area contributed by atoms with E-state index in [4.69, 9.17) is 14.5 Å². The summed E-state index contributed by atoms with van der Waals surface area (Å²) in [6.45, 7) is 6.15. The van der Waals surface area contributed by atoms with Gasteiger partial charge in [-0.05, 0) is 30.9 Å². The fourth-order valence-corrected chi connectivity index (χ4v) is 5.49. The van der Waals surface area contributed by atoms with Crippen LogP contribution in [0.25, 0.3) is 11.3 Å². The molecule has 1 aliphatic rings. The summed E-state index contributed by atoms with van der Waals surface area (Å²) in [7, 11) is 0. The smallest absolute Gasteiger partial charge is 0.185 e. The van der Waals surface area contributed by atoms with Gasteiger partial charge in [-0.25, -0.2) is 0 Å². The van der Waals surface area contributed by atoms with Crippen LogP contribution in [0.4, 0.5) is 0 Å². The highest BCUT2D eigenvalue weighted by atomic mass is 16.7. The van der Waals surface area contributed by atoms with Crippen molar-refractivity contribution in [1.29, 1.82) is 0 Å². The lowest BCUT2D eigenvalue weighted by atomic mass is 10.0. The fourth-order valence-electron chi connectivity index (χ4n) is 5.49. The summed E-state index contributed by atoms with van der Waals surface area (Å²) in [5, 5.41) is 0. The summed E-state index contributed by atoms with van der Waals surface area (Å²) in [6.07, 6.45) is 26.0. The molecule has 1 saturated heterocycles. The van der Waals surface area contributed by atoms with Gasteiger partial charge < -0.3 is 9.47 Å². The fraction of sp³-hybridized carbons (Fsp3) is 0.686. The van der Waals surface area contributed by atoms with Crippen LogP contribution in [0.3, 0.4) is 0 Å². The van der Waals surface area contributed by atoms with Crippen LogP contribution in [0.1, 0.15) is 140 Å². The quantitative estimate of drug-likeness (QED) is 0.162. The lowest BCUT2D eigenvalue weighted by molar-refractivity contribution is -0.206. The first-order chi connectivity index (χ1) is 18.8. The van der Waals surface area contributed by atoms with E-state index in [1.165, 1.54) is 127 Å². The second-order valence-corrected chi connectivity index (χ2v) is 11.5. The largest absolute Gasteiger partial charge is 0.348 e. The molecule has 0 N–H and O–H groups in total. The predicted molar refractivity (Wildman–Crippen MR) is 161 cm³/mol. The molecule has 0 unspecified atom stereocenters. The van der Waals surface area contributed by atoms with Crippen molar-refractivity contribution in [2.45, 2.75) is 136 Å². The topological polar surface area (TPSA) is 31.4 Å². The molecular weight excluding hydrogens is 466 g/mol. The normalized spacial score (nSPS) is 17.6. The molecule has 1 aliphatic heterocycles. The van der Waals surface area contributed by atoms with Gasteiger partial charge in [0.05, 0.1) is 18.9 Å². The van der Waals surface area contributed by atoms with Gasteiger partial charge in [0.25, 0.3) is 0 Å². The molecule has 0 saturated carbocycles. The molecule has 0 amide bonds. The van der Waals surface area contributed by atoms with E-state index < -0.39 is 0 Å². The molecule has 38 heavy (non-hydrogen) atoms. The number of benzene rings is 1. The minimum Gasteiger partial charge on any atom is -0.348 e. The van der Waals surface area contributed by atoms with Crippen molar-refractivity contribution in [2.24, 2.45) is 5.92 Å². The number of hydrogen-bond acceptors (Lipinski definition) is 3. The Kier molecular flexibility index (Phi) is 15.7. The molecule has 1 aromatic heterocycles. The van der Waals surface area contributed by atoms with Gasteiger partial charge in [-0.15, -0.1) is 0 Å². The van der Waals surface area contributed by atoms with Crippen LogP contribution in [-0.2, 0) is 15.9 Å². The minimum absolute atomic E-state index is 0.278. The minimum atomic E-state index is -0.278. The van der Waals surface area contributed by atoms with Crippen molar-refractivity contribution in [3.8, 4) is 11.3 Å². The van der Waals surface area contributed by atoms with Crippen LogP contribution in [0, 0.1) is 5.92 Å². The summed E-state index contributed by atoms with van der Waals surface area (Å²) >= 11 is 0. The zero-order valence-electron chi connectivity index (χ0n) is 24.6. The number of unbranched alkanes of at least 4 members (excludes halogenated alkanes) is 14. The SMILES string of the molecule is CCCCCCCCCCCC[C@H]1CO[C@H](c2ccc(-c3ccc(CCCCCCCC)cc3)nc2)OC1. The highest BCUT2D eigenvalue weighted by Gasteiger charge is 2.23. The van der Waals surface area contributed by atoms with Crippen LogP contribution in [0.15, 0.2) is 42.6 Å². The Labute approximate surface area is 234 Å². The molecule has 0 bridgehead atoms. The Hall–Kier alpha value is -1.71. The maximum absolute atomic E-state index is 6.09. The maximum atomic E-state index is 6.09. The lowest BCUT2D eigenvalue weighted by Gasteiger charge is -2.29. The van der Waals surface area contributed by atoms with Gasteiger partial charge in [0.15, 0.2) is 6.29 Å². The zero-order chi connectivity index (χ0) is 26.7. The molecule has 3 rings (SSSR count). The number of hydrogen-bond donors (Lipinski definition) is 0. The van der Waals surface area contributed by atoms with Crippen molar-refractivity contribution in [2.75, 3.05) is 13.2 Å². The Bertz CT molecular complexity index is 824. The Morgan fingerprint density at radius 3 is 1.74 bits per heavy atom. The number of aryl methyl sites for hydroxylation is 1.